The molecule has 102 valence electrons. The van der Waals surface area contributed by atoms with Crippen molar-refractivity contribution in [2.45, 2.75) is 13.0 Å². The van der Waals surface area contributed by atoms with Gasteiger partial charge in [-0.1, -0.05) is 22.0 Å². The SMILES string of the molecule is COCCOCCCNCc1ccc(F)cc1Br. The quantitative estimate of drug-likeness (QED) is 0.710. The van der Waals surface area contributed by atoms with E-state index >= 15 is 0 Å². The number of nitrogens with one attached hydrogen (secondary N) is 1. The third-order valence-corrected chi connectivity index (χ3v) is 3.14. The lowest BCUT2D eigenvalue weighted by molar-refractivity contribution is 0.0695. The summed E-state index contributed by atoms with van der Waals surface area (Å²) in [5, 5.41) is 3.29. The first-order valence-electron chi connectivity index (χ1n) is 5.95. The number of rotatable bonds is 9. The molecule has 0 amide bonds. The Labute approximate surface area is 116 Å². The maximum absolute atomic E-state index is 12.9. The monoisotopic (exact) mass is 319 g/mol. The molecule has 1 aromatic rings. The van der Waals surface area contributed by atoms with Gasteiger partial charge in [-0.05, 0) is 30.7 Å². The molecule has 0 bridgehead atoms. The summed E-state index contributed by atoms with van der Waals surface area (Å²) in [6.07, 6.45) is 0.947. The molecule has 0 atom stereocenters. The van der Waals surface area contributed by atoms with Crippen molar-refractivity contribution < 1.29 is 13.9 Å². The predicted octanol–water partition coefficient (Wildman–Crippen LogP) is 2.73. The average Bonchev–Trinajstić information content (AvgIpc) is 2.35. The fraction of sp³-hybridized carbons (Fsp3) is 0.538. The normalized spacial score (nSPS) is 10.8. The highest BCUT2D eigenvalue weighted by atomic mass is 79.9. The minimum absolute atomic E-state index is 0.225. The van der Waals surface area contributed by atoms with Gasteiger partial charge < -0.3 is 14.8 Å². The molecule has 3 nitrogen and oxygen atoms in total. The van der Waals surface area contributed by atoms with Crippen LogP contribution in [0.1, 0.15) is 12.0 Å². The molecular weight excluding hydrogens is 301 g/mol. The molecule has 0 aromatic heterocycles. The summed E-state index contributed by atoms with van der Waals surface area (Å²) < 4.78 is 23.9. The molecule has 1 rings (SSSR count). The Balaban J connectivity index is 2.07. The maximum Gasteiger partial charge on any atom is 0.124 e. The van der Waals surface area contributed by atoms with Gasteiger partial charge in [0.25, 0.3) is 0 Å². The van der Waals surface area contributed by atoms with E-state index in [4.69, 9.17) is 9.47 Å². The molecule has 0 radical (unpaired) electrons. The molecule has 0 spiro atoms. The Morgan fingerprint density at radius 1 is 1.28 bits per heavy atom. The van der Waals surface area contributed by atoms with Crippen LogP contribution in [0.25, 0.3) is 0 Å². The zero-order chi connectivity index (χ0) is 13.2. The standard InChI is InChI=1S/C13H19BrFNO2/c1-17-7-8-18-6-2-5-16-10-11-3-4-12(15)9-13(11)14/h3-4,9,16H,2,5-8,10H2,1H3. The predicted molar refractivity (Wildman–Crippen MR) is 73.1 cm³/mol. The molecule has 0 saturated heterocycles. The summed E-state index contributed by atoms with van der Waals surface area (Å²) >= 11 is 3.34. The second kappa shape index (κ2) is 9.44. The van der Waals surface area contributed by atoms with Crippen molar-refractivity contribution in [2.75, 3.05) is 33.5 Å². The minimum Gasteiger partial charge on any atom is -0.382 e. The van der Waals surface area contributed by atoms with Crippen molar-refractivity contribution in [1.29, 1.82) is 0 Å². The molecule has 0 saturated carbocycles. The van der Waals surface area contributed by atoms with Crippen molar-refractivity contribution >= 4 is 15.9 Å². The second-order valence-electron chi connectivity index (χ2n) is 3.87. The highest BCUT2D eigenvalue weighted by Crippen LogP contribution is 2.17. The molecule has 0 aliphatic carbocycles. The Morgan fingerprint density at radius 3 is 2.83 bits per heavy atom. The van der Waals surface area contributed by atoms with Crippen LogP contribution in [0.15, 0.2) is 22.7 Å². The van der Waals surface area contributed by atoms with Crippen LogP contribution in [0, 0.1) is 5.82 Å². The van der Waals surface area contributed by atoms with E-state index in [1.54, 1.807) is 13.2 Å². The fourth-order valence-electron chi connectivity index (χ4n) is 1.43. The Hall–Kier alpha value is -0.490. The van der Waals surface area contributed by atoms with Gasteiger partial charge in [-0.2, -0.15) is 0 Å². The largest absolute Gasteiger partial charge is 0.382 e. The lowest BCUT2D eigenvalue weighted by Gasteiger charge is -2.07. The maximum atomic E-state index is 12.9. The van der Waals surface area contributed by atoms with Crippen LogP contribution in [0.5, 0.6) is 0 Å². The second-order valence-corrected chi connectivity index (χ2v) is 4.73. The van der Waals surface area contributed by atoms with Crippen molar-refractivity contribution in [1.82, 2.24) is 5.32 Å². The molecule has 0 aliphatic heterocycles. The zero-order valence-corrected chi connectivity index (χ0v) is 12.1. The number of benzene rings is 1. The van der Waals surface area contributed by atoms with Gasteiger partial charge in [0.1, 0.15) is 5.82 Å². The van der Waals surface area contributed by atoms with Crippen molar-refractivity contribution in [3.8, 4) is 0 Å². The van der Waals surface area contributed by atoms with Crippen molar-refractivity contribution in [3.05, 3.63) is 34.1 Å². The molecule has 1 N–H and O–H groups in total. The smallest absolute Gasteiger partial charge is 0.124 e. The number of halogens is 2. The van der Waals surface area contributed by atoms with Gasteiger partial charge in [0.2, 0.25) is 0 Å². The van der Waals surface area contributed by atoms with Crippen LogP contribution in [-0.2, 0) is 16.0 Å². The molecule has 5 heteroatoms. The topological polar surface area (TPSA) is 30.5 Å². The molecule has 0 aliphatic rings. The van der Waals surface area contributed by atoms with Crippen molar-refractivity contribution in [3.63, 3.8) is 0 Å². The first kappa shape index (κ1) is 15.6. The van der Waals surface area contributed by atoms with Crippen LogP contribution in [0.3, 0.4) is 0 Å². The Kier molecular flexibility index (Phi) is 8.17. The summed E-state index contributed by atoms with van der Waals surface area (Å²) in [5.74, 6) is -0.225. The number of ether oxygens (including phenoxy) is 2. The molecule has 18 heavy (non-hydrogen) atoms. The van der Waals surface area contributed by atoms with Crippen LogP contribution in [0.2, 0.25) is 0 Å². The van der Waals surface area contributed by atoms with Gasteiger partial charge >= 0.3 is 0 Å². The fourth-order valence-corrected chi connectivity index (χ4v) is 1.92. The van der Waals surface area contributed by atoms with Gasteiger partial charge in [-0.15, -0.1) is 0 Å². The molecule has 0 unspecified atom stereocenters. The van der Waals surface area contributed by atoms with E-state index in [-0.39, 0.29) is 5.82 Å². The molecular formula is C13H19BrFNO2. The van der Waals surface area contributed by atoms with Crippen LogP contribution < -0.4 is 5.32 Å². The third-order valence-electron chi connectivity index (χ3n) is 2.40. The van der Waals surface area contributed by atoms with E-state index in [2.05, 4.69) is 21.2 Å². The minimum atomic E-state index is -0.225. The summed E-state index contributed by atoms with van der Waals surface area (Å²) in [6.45, 7) is 3.59. The summed E-state index contributed by atoms with van der Waals surface area (Å²) in [7, 11) is 1.66. The Bertz CT molecular complexity index is 350. The first-order chi connectivity index (χ1) is 8.74. The van der Waals surface area contributed by atoms with Crippen LogP contribution in [0.4, 0.5) is 4.39 Å². The average molecular weight is 320 g/mol. The molecule has 0 fully saturated rings. The number of methoxy groups -OCH3 is 1. The summed E-state index contributed by atoms with van der Waals surface area (Å²) in [6, 6.07) is 4.72. The van der Waals surface area contributed by atoms with E-state index in [9.17, 15) is 4.39 Å². The number of hydrogen-bond acceptors (Lipinski definition) is 3. The highest BCUT2D eigenvalue weighted by molar-refractivity contribution is 9.10. The third kappa shape index (κ3) is 6.44. The van der Waals surface area contributed by atoms with E-state index in [0.29, 0.717) is 13.2 Å². The first-order valence-corrected chi connectivity index (χ1v) is 6.74. The van der Waals surface area contributed by atoms with E-state index in [0.717, 1.165) is 36.2 Å². The number of hydrogen-bond donors (Lipinski definition) is 1. The van der Waals surface area contributed by atoms with Gasteiger partial charge in [0, 0.05) is 24.7 Å². The molecule has 0 heterocycles. The summed E-state index contributed by atoms with van der Waals surface area (Å²) in [5.41, 5.74) is 1.05. The lowest BCUT2D eigenvalue weighted by Crippen LogP contribution is -2.17. The van der Waals surface area contributed by atoms with Gasteiger partial charge in [0.05, 0.1) is 13.2 Å². The van der Waals surface area contributed by atoms with E-state index < -0.39 is 0 Å². The van der Waals surface area contributed by atoms with Gasteiger partial charge in [-0.25, -0.2) is 4.39 Å². The van der Waals surface area contributed by atoms with E-state index in [1.807, 2.05) is 0 Å². The molecule has 1 aromatic carbocycles. The summed E-state index contributed by atoms with van der Waals surface area (Å²) in [4.78, 5) is 0. The Morgan fingerprint density at radius 2 is 2.11 bits per heavy atom. The van der Waals surface area contributed by atoms with Gasteiger partial charge in [0.15, 0.2) is 0 Å². The van der Waals surface area contributed by atoms with Crippen LogP contribution >= 0.6 is 15.9 Å². The zero-order valence-electron chi connectivity index (χ0n) is 10.5. The van der Waals surface area contributed by atoms with E-state index in [1.165, 1.54) is 12.1 Å². The van der Waals surface area contributed by atoms with Gasteiger partial charge in [-0.3, -0.25) is 0 Å². The van der Waals surface area contributed by atoms with Crippen molar-refractivity contribution in [2.24, 2.45) is 0 Å². The highest BCUT2D eigenvalue weighted by Gasteiger charge is 2.00. The van der Waals surface area contributed by atoms with Crippen LogP contribution in [-0.4, -0.2) is 33.5 Å². The lowest BCUT2D eigenvalue weighted by atomic mass is 10.2.